The summed E-state index contributed by atoms with van der Waals surface area (Å²) < 4.78 is 26.6. The number of hydrogen-bond donors (Lipinski definition) is 2. The molecule has 8 heteroatoms. The highest BCUT2D eigenvalue weighted by molar-refractivity contribution is 7.89. The van der Waals surface area contributed by atoms with Gasteiger partial charge in [0.15, 0.2) is 5.82 Å². The van der Waals surface area contributed by atoms with E-state index in [0.29, 0.717) is 5.82 Å². The Hall–Kier alpha value is -1.80. The van der Waals surface area contributed by atoms with Crippen LogP contribution in [0.15, 0.2) is 29.2 Å². The number of sulfonamides is 1. The number of H-pyrrole nitrogens is 1. The van der Waals surface area contributed by atoms with Crippen LogP contribution in [0.2, 0.25) is 0 Å². The number of aromatic nitrogens is 4. The number of nitrogens with one attached hydrogen (secondary N) is 2. The first-order valence-electron chi connectivity index (χ1n) is 5.31. The van der Waals surface area contributed by atoms with Crippen LogP contribution in [0, 0.1) is 6.92 Å². The smallest absolute Gasteiger partial charge is 0.207 e. The molecule has 1 atom stereocenters. The average molecular weight is 267 g/mol. The fraction of sp³-hybridized carbons (Fsp3) is 0.300. The van der Waals surface area contributed by atoms with Gasteiger partial charge in [0, 0.05) is 0 Å². The Morgan fingerprint density at radius 3 is 2.50 bits per heavy atom. The van der Waals surface area contributed by atoms with Crippen molar-refractivity contribution in [3.63, 3.8) is 0 Å². The Balaban J connectivity index is 2.20. The minimum atomic E-state index is -3.57. The monoisotopic (exact) mass is 267 g/mol. The number of aromatic amines is 1. The molecule has 0 fully saturated rings. The lowest BCUT2D eigenvalue weighted by atomic mass is 10.2. The maximum Gasteiger partial charge on any atom is 0.241 e. The second kappa shape index (κ2) is 4.83. The van der Waals surface area contributed by atoms with Gasteiger partial charge in [-0.3, -0.25) is 0 Å². The van der Waals surface area contributed by atoms with Crippen molar-refractivity contribution in [3.8, 4) is 0 Å². The summed E-state index contributed by atoms with van der Waals surface area (Å²) in [5.41, 5.74) is 1.00. The number of benzene rings is 1. The van der Waals surface area contributed by atoms with Gasteiger partial charge >= 0.3 is 0 Å². The first-order valence-corrected chi connectivity index (χ1v) is 6.80. The highest BCUT2D eigenvalue weighted by Gasteiger charge is 2.20. The predicted octanol–water partition coefficient (Wildman–Crippen LogP) is 0.548. The molecule has 0 aliphatic rings. The van der Waals surface area contributed by atoms with Crippen LogP contribution >= 0.6 is 0 Å². The van der Waals surface area contributed by atoms with E-state index in [1.54, 1.807) is 31.2 Å². The normalized spacial score (nSPS) is 13.4. The lowest BCUT2D eigenvalue weighted by Crippen LogP contribution is -2.27. The maximum absolute atomic E-state index is 12.1. The SMILES string of the molecule is Cc1ccc(S(=O)(=O)NC(C)c2nn[nH]n2)cc1. The van der Waals surface area contributed by atoms with Crippen LogP contribution in [0.4, 0.5) is 0 Å². The summed E-state index contributed by atoms with van der Waals surface area (Å²) in [4.78, 5) is 0.212. The van der Waals surface area contributed by atoms with Crippen molar-refractivity contribution >= 4 is 10.0 Å². The first-order chi connectivity index (χ1) is 8.49. The zero-order chi connectivity index (χ0) is 13.2. The van der Waals surface area contributed by atoms with Crippen molar-refractivity contribution in [1.29, 1.82) is 0 Å². The Labute approximate surface area is 105 Å². The van der Waals surface area contributed by atoms with Crippen molar-refractivity contribution in [2.24, 2.45) is 0 Å². The molecule has 0 radical (unpaired) electrons. The van der Waals surface area contributed by atoms with Gasteiger partial charge in [0.1, 0.15) is 0 Å². The first kappa shape index (κ1) is 12.7. The van der Waals surface area contributed by atoms with Gasteiger partial charge in [-0.1, -0.05) is 22.9 Å². The topological polar surface area (TPSA) is 101 Å². The van der Waals surface area contributed by atoms with Crippen LogP contribution in [-0.2, 0) is 10.0 Å². The van der Waals surface area contributed by atoms with Crippen molar-refractivity contribution < 1.29 is 8.42 Å². The van der Waals surface area contributed by atoms with Gasteiger partial charge in [0.05, 0.1) is 10.9 Å². The van der Waals surface area contributed by atoms with Crippen molar-refractivity contribution in [1.82, 2.24) is 25.3 Å². The van der Waals surface area contributed by atoms with Gasteiger partial charge in [-0.2, -0.15) is 5.21 Å². The molecule has 18 heavy (non-hydrogen) atoms. The van der Waals surface area contributed by atoms with E-state index >= 15 is 0 Å². The molecular weight excluding hydrogens is 254 g/mol. The van der Waals surface area contributed by atoms with Gasteiger partial charge in [-0.25, -0.2) is 13.1 Å². The van der Waals surface area contributed by atoms with Gasteiger partial charge < -0.3 is 0 Å². The Morgan fingerprint density at radius 2 is 1.94 bits per heavy atom. The van der Waals surface area contributed by atoms with E-state index in [0.717, 1.165) is 5.56 Å². The zero-order valence-electron chi connectivity index (χ0n) is 9.95. The van der Waals surface area contributed by atoms with E-state index in [9.17, 15) is 8.42 Å². The molecule has 0 bridgehead atoms. The molecule has 0 aliphatic carbocycles. The molecule has 1 aromatic heterocycles. The Morgan fingerprint density at radius 1 is 1.28 bits per heavy atom. The molecule has 2 N–H and O–H groups in total. The van der Waals surface area contributed by atoms with Gasteiger partial charge in [0.25, 0.3) is 0 Å². The number of hydrogen-bond acceptors (Lipinski definition) is 5. The van der Waals surface area contributed by atoms with E-state index in [2.05, 4.69) is 25.3 Å². The largest absolute Gasteiger partial charge is 0.241 e. The third-order valence-electron chi connectivity index (χ3n) is 2.41. The molecule has 0 saturated heterocycles. The highest BCUT2D eigenvalue weighted by Crippen LogP contribution is 2.14. The summed E-state index contributed by atoms with van der Waals surface area (Å²) in [6.07, 6.45) is 0. The van der Waals surface area contributed by atoms with E-state index in [4.69, 9.17) is 0 Å². The highest BCUT2D eigenvalue weighted by atomic mass is 32.2. The summed E-state index contributed by atoms with van der Waals surface area (Å²) in [6.45, 7) is 3.54. The summed E-state index contributed by atoms with van der Waals surface area (Å²) >= 11 is 0. The fourth-order valence-corrected chi connectivity index (χ4v) is 2.63. The fourth-order valence-electron chi connectivity index (χ4n) is 1.42. The van der Waals surface area contributed by atoms with E-state index in [-0.39, 0.29) is 4.90 Å². The lowest BCUT2D eigenvalue weighted by molar-refractivity contribution is 0.560. The molecule has 2 rings (SSSR count). The minimum absolute atomic E-state index is 0.212. The molecule has 0 saturated carbocycles. The number of nitrogens with zero attached hydrogens (tertiary/aromatic N) is 3. The molecule has 96 valence electrons. The second-order valence-corrected chi connectivity index (χ2v) is 5.64. The predicted molar refractivity (Wildman–Crippen MR) is 64.1 cm³/mol. The summed E-state index contributed by atoms with van der Waals surface area (Å²) in [5.74, 6) is 0.297. The molecule has 0 amide bonds. The molecule has 7 nitrogen and oxygen atoms in total. The number of tetrazole rings is 1. The average Bonchev–Trinajstić information content (AvgIpc) is 2.82. The molecular formula is C10H13N5O2S. The van der Waals surface area contributed by atoms with Crippen molar-refractivity contribution in [2.75, 3.05) is 0 Å². The van der Waals surface area contributed by atoms with Crippen LogP contribution in [-0.4, -0.2) is 29.0 Å². The lowest BCUT2D eigenvalue weighted by Gasteiger charge is -2.10. The van der Waals surface area contributed by atoms with Crippen LogP contribution in [0.1, 0.15) is 24.4 Å². The van der Waals surface area contributed by atoms with Crippen LogP contribution in [0.5, 0.6) is 0 Å². The van der Waals surface area contributed by atoms with Crippen LogP contribution in [0.3, 0.4) is 0 Å². The zero-order valence-corrected chi connectivity index (χ0v) is 10.8. The Bertz CT molecular complexity index is 606. The van der Waals surface area contributed by atoms with Crippen molar-refractivity contribution in [3.05, 3.63) is 35.7 Å². The molecule has 1 unspecified atom stereocenters. The van der Waals surface area contributed by atoms with E-state index in [1.165, 1.54) is 0 Å². The van der Waals surface area contributed by atoms with Crippen molar-refractivity contribution in [2.45, 2.75) is 24.8 Å². The molecule has 2 aromatic rings. The van der Waals surface area contributed by atoms with E-state index in [1.807, 2.05) is 6.92 Å². The minimum Gasteiger partial charge on any atom is -0.207 e. The van der Waals surface area contributed by atoms with Crippen LogP contribution in [0.25, 0.3) is 0 Å². The quantitative estimate of drug-likeness (QED) is 0.842. The third kappa shape index (κ3) is 2.71. The van der Waals surface area contributed by atoms with Crippen LogP contribution < -0.4 is 4.72 Å². The second-order valence-electron chi connectivity index (χ2n) is 3.93. The van der Waals surface area contributed by atoms with Gasteiger partial charge in [0.2, 0.25) is 10.0 Å². The van der Waals surface area contributed by atoms with E-state index < -0.39 is 16.1 Å². The Kier molecular flexibility index (Phi) is 3.39. The third-order valence-corrected chi connectivity index (χ3v) is 3.97. The van der Waals surface area contributed by atoms with Gasteiger partial charge in [-0.05, 0) is 26.0 Å². The number of aryl methyl sites for hydroxylation is 1. The molecule has 1 aromatic carbocycles. The van der Waals surface area contributed by atoms with Gasteiger partial charge in [-0.15, -0.1) is 10.2 Å². The summed E-state index contributed by atoms with van der Waals surface area (Å²) in [6, 6.07) is 6.05. The molecule has 0 aliphatic heterocycles. The summed E-state index contributed by atoms with van der Waals surface area (Å²) in [5, 5.41) is 13.1. The number of rotatable bonds is 4. The summed E-state index contributed by atoms with van der Waals surface area (Å²) in [7, 11) is -3.57. The molecule has 1 heterocycles. The maximum atomic E-state index is 12.1. The molecule has 0 spiro atoms. The standard InChI is InChI=1S/C10H13N5O2S/c1-7-3-5-9(6-4-7)18(16,17)13-8(2)10-11-14-15-12-10/h3-6,8,13H,1-2H3,(H,11,12,14,15).